The Hall–Kier alpha value is 1.28. The fourth-order valence-electron chi connectivity index (χ4n) is 0. The first kappa shape index (κ1) is 9.56. The molecular formula is H4CaO3P+5. The van der Waals surface area contributed by atoms with Crippen LogP contribution in [0.5, 0.6) is 0 Å². The first-order valence-corrected chi connectivity index (χ1v) is 1.75. The SMILES string of the molecule is O=[P+](O)O.[Ca+2].[H+].[H+]. The van der Waals surface area contributed by atoms with Crippen molar-refractivity contribution in [3.8, 4) is 0 Å². The van der Waals surface area contributed by atoms with Gasteiger partial charge < -0.3 is 0 Å². The van der Waals surface area contributed by atoms with Gasteiger partial charge in [0.2, 0.25) is 0 Å². The van der Waals surface area contributed by atoms with Crippen LogP contribution < -0.4 is 0 Å². The first-order valence-electron chi connectivity index (χ1n) is 0.583. The smallest absolute Gasteiger partial charge is 0.134 e. The molecule has 0 saturated heterocycles. The summed E-state index contributed by atoms with van der Waals surface area (Å²) >= 11 is 0. The molecule has 0 fully saturated rings. The predicted molar refractivity (Wildman–Crippen MR) is 20.0 cm³/mol. The molecule has 0 spiro atoms. The van der Waals surface area contributed by atoms with Gasteiger partial charge in [0.25, 0.3) is 0 Å². The van der Waals surface area contributed by atoms with E-state index in [2.05, 4.69) is 0 Å². The molecular weight excluding hydrogens is 119 g/mol. The van der Waals surface area contributed by atoms with Crippen LogP contribution in [0.2, 0.25) is 0 Å². The van der Waals surface area contributed by atoms with E-state index in [0.29, 0.717) is 0 Å². The van der Waals surface area contributed by atoms with Crippen LogP contribution in [0.15, 0.2) is 0 Å². The van der Waals surface area contributed by atoms with E-state index in [4.69, 9.17) is 14.4 Å². The van der Waals surface area contributed by atoms with Crippen LogP contribution in [0.4, 0.5) is 0 Å². The fourth-order valence-corrected chi connectivity index (χ4v) is 0. The molecule has 3 nitrogen and oxygen atoms in total. The average molecular weight is 123 g/mol. The Labute approximate surface area is 62.9 Å². The van der Waals surface area contributed by atoms with Gasteiger partial charge in [-0.25, -0.2) is 0 Å². The summed E-state index contributed by atoms with van der Waals surface area (Å²) in [6, 6.07) is 0. The Balaban J connectivity index is -0.0000000150. The molecule has 0 aliphatic heterocycles. The zero-order valence-corrected chi connectivity index (χ0v) is 5.56. The van der Waals surface area contributed by atoms with Crippen molar-refractivity contribution in [2.24, 2.45) is 0 Å². The van der Waals surface area contributed by atoms with E-state index in [9.17, 15) is 0 Å². The van der Waals surface area contributed by atoms with E-state index in [1.165, 1.54) is 0 Å². The summed E-state index contributed by atoms with van der Waals surface area (Å²) in [4.78, 5) is 14.2. The van der Waals surface area contributed by atoms with Gasteiger partial charge >= 0.3 is 48.8 Å². The molecule has 0 aromatic carbocycles. The molecule has 0 aromatic heterocycles. The minimum absolute atomic E-state index is 0. The summed E-state index contributed by atoms with van der Waals surface area (Å²) in [5, 5.41) is 0. The Bertz CT molecular complexity index is 35.9. The topological polar surface area (TPSA) is 57.5 Å². The van der Waals surface area contributed by atoms with Gasteiger partial charge in [-0.3, -0.25) is 0 Å². The summed E-state index contributed by atoms with van der Waals surface area (Å²) in [6.07, 6.45) is 0. The molecule has 0 aliphatic carbocycles. The maximum atomic E-state index is 8.70. The van der Waals surface area contributed by atoms with Crippen LogP contribution in [0.1, 0.15) is 2.85 Å². The van der Waals surface area contributed by atoms with Crippen LogP contribution in [0.25, 0.3) is 0 Å². The van der Waals surface area contributed by atoms with Crippen LogP contribution >= 0.6 is 8.25 Å². The van der Waals surface area contributed by atoms with Gasteiger partial charge in [0.05, 0.1) is 0 Å². The maximum Gasteiger partial charge on any atom is 2.00 e. The summed E-state index contributed by atoms with van der Waals surface area (Å²) in [7, 11) is -2.87. The van der Waals surface area contributed by atoms with Crippen LogP contribution in [0, 0.1) is 0 Å². The van der Waals surface area contributed by atoms with E-state index < -0.39 is 8.25 Å². The van der Waals surface area contributed by atoms with Crippen molar-refractivity contribution in [1.29, 1.82) is 0 Å². The molecule has 0 rings (SSSR count). The van der Waals surface area contributed by atoms with E-state index in [1.54, 1.807) is 0 Å². The Morgan fingerprint density at radius 2 is 1.60 bits per heavy atom. The molecule has 24 valence electrons. The standard InChI is InChI=1S/Ca.HO3P/c;1-4(2)3/h;(H-,1,2,3)/q+2;/p+3. The Morgan fingerprint density at radius 3 is 1.60 bits per heavy atom. The van der Waals surface area contributed by atoms with Gasteiger partial charge in [0.15, 0.2) is 0 Å². The quantitative estimate of drug-likeness (QED) is 0.336. The van der Waals surface area contributed by atoms with Crippen molar-refractivity contribution in [1.82, 2.24) is 0 Å². The fraction of sp³-hybridized carbons (Fsp3) is 0. The predicted octanol–water partition coefficient (Wildman–Crippen LogP) is -0.527. The van der Waals surface area contributed by atoms with Gasteiger partial charge in [-0.2, -0.15) is 0 Å². The van der Waals surface area contributed by atoms with Gasteiger partial charge in [-0.05, 0) is 0 Å². The van der Waals surface area contributed by atoms with Gasteiger partial charge in [-0.15, -0.1) is 9.79 Å². The first-order chi connectivity index (χ1) is 1.73. The summed E-state index contributed by atoms with van der Waals surface area (Å²) in [5.41, 5.74) is 0. The van der Waals surface area contributed by atoms with Crippen molar-refractivity contribution in [3.63, 3.8) is 0 Å². The van der Waals surface area contributed by atoms with E-state index in [-0.39, 0.29) is 40.6 Å². The Morgan fingerprint density at radius 1 is 1.60 bits per heavy atom. The van der Waals surface area contributed by atoms with Crippen LogP contribution in [-0.4, -0.2) is 47.5 Å². The third kappa shape index (κ3) is 34.7. The molecule has 0 aromatic rings. The monoisotopic (exact) mass is 123 g/mol. The van der Waals surface area contributed by atoms with Gasteiger partial charge in [0.1, 0.15) is 0 Å². The van der Waals surface area contributed by atoms with E-state index in [0.717, 1.165) is 0 Å². The van der Waals surface area contributed by atoms with E-state index in [1.807, 2.05) is 0 Å². The van der Waals surface area contributed by atoms with Crippen molar-refractivity contribution >= 4 is 46.0 Å². The zero-order valence-electron chi connectivity index (χ0n) is 4.46. The van der Waals surface area contributed by atoms with E-state index >= 15 is 0 Å². The number of rotatable bonds is 0. The second-order valence-electron chi connectivity index (χ2n) is 0.253. The second kappa shape index (κ2) is 5.28. The van der Waals surface area contributed by atoms with Crippen molar-refractivity contribution in [2.75, 3.05) is 0 Å². The number of hydrogen-bond acceptors (Lipinski definition) is 1. The Kier molecular flexibility index (Phi) is 10.1. The second-order valence-corrected chi connectivity index (χ2v) is 0.758. The van der Waals surface area contributed by atoms with Gasteiger partial charge in [0, 0.05) is 4.57 Å². The molecule has 0 bridgehead atoms. The molecule has 0 amide bonds. The summed E-state index contributed by atoms with van der Waals surface area (Å²) < 4.78 is 8.70. The third-order valence-corrected chi connectivity index (χ3v) is 0. The molecule has 0 atom stereocenters. The largest absolute Gasteiger partial charge is 2.00 e. The van der Waals surface area contributed by atoms with Crippen molar-refractivity contribution < 1.29 is 17.2 Å². The van der Waals surface area contributed by atoms with Crippen LogP contribution in [0.3, 0.4) is 0 Å². The zero-order chi connectivity index (χ0) is 3.58. The minimum atomic E-state index is -2.87. The molecule has 0 saturated carbocycles. The maximum absolute atomic E-state index is 8.70. The molecule has 0 aliphatic rings. The third-order valence-electron chi connectivity index (χ3n) is 0. The molecule has 0 heterocycles. The minimum Gasteiger partial charge on any atom is -0.134 e. The molecule has 0 radical (unpaired) electrons. The molecule has 2 N–H and O–H groups in total. The molecule has 0 unspecified atom stereocenters. The summed E-state index contributed by atoms with van der Waals surface area (Å²) in [6.45, 7) is 0. The van der Waals surface area contributed by atoms with Crippen LogP contribution in [-0.2, 0) is 4.57 Å². The summed E-state index contributed by atoms with van der Waals surface area (Å²) in [5.74, 6) is 0. The van der Waals surface area contributed by atoms with Gasteiger partial charge in [-0.1, -0.05) is 0 Å². The van der Waals surface area contributed by atoms with Crippen molar-refractivity contribution in [3.05, 3.63) is 0 Å². The average Bonchev–Trinajstić information content (AvgIpc) is 0.811. The molecule has 5 heavy (non-hydrogen) atoms. The van der Waals surface area contributed by atoms with Crippen molar-refractivity contribution in [2.45, 2.75) is 0 Å². The normalized spacial score (nSPS) is 5.20. The number of hydrogen-bond donors (Lipinski definition) is 2. The molecule has 5 heteroatoms.